The maximum Gasteiger partial charge on any atom is 0.414 e. The highest BCUT2D eigenvalue weighted by Gasteiger charge is 2.32. The molecule has 1 N–H and O–H groups in total. The van der Waals surface area contributed by atoms with E-state index in [1.807, 2.05) is 0 Å². The van der Waals surface area contributed by atoms with E-state index in [-0.39, 0.29) is 19.0 Å². The number of nitrogens with zero attached hydrogens (tertiary/aromatic N) is 6. The van der Waals surface area contributed by atoms with Gasteiger partial charge in [-0.1, -0.05) is 6.07 Å². The van der Waals surface area contributed by atoms with E-state index in [2.05, 4.69) is 25.7 Å². The van der Waals surface area contributed by atoms with Crippen LogP contribution in [0.4, 0.5) is 14.9 Å². The van der Waals surface area contributed by atoms with Crippen molar-refractivity contribution in [3.8, 4) is 22.6 Å². The van der Waals surface area contributed by atoms with Crippen molar-refractivity contribution in [3.05, 3.63) is 42.3 Å². The quantitative estimate of drug-likeness (QED) is 0.677. The Hall–Kier alpha value is -3.89. The Balaban J connectivity index is 1.51. The number of halogens is 1. The van der Waals surface area contributed by atoms with E-state index in [0.29, 0.717) is 28.3 Å². The molecule has 0 radical (unpaired) electrons. The number of nitrogens with one attached hydrogen (secondary N) is 1. The van der Waals surface area contributed by atoms with Crippen LogP contribution in [-0.2, 0) is 16.6 Å². The molecule has 0 saturated carbocycles. The minimum atomic E-state index is -0.583. The van der Waals surface area contributed by atoms with E-state index >= 15 is 0 Å². The van der Waals surface area contributed by atoms with Crippen molar-refractivity contribution >= 4 is 17.7 Å². The molecule has 0 bridgehead atoms. The predicted octanol–water partition coefficient (Wildman–Crippen LogP) is 1.54. The van der Waals surface area contributed by atoms with Gasteiger partial charge in [0.2, 0.25) is 11.7 Å². The van der Waals surface area contributed by atoms with Crippen LogP contribution >= 0.6 is 0 Å². The van der Waals surface area contributed by atoms with Gasteiger partial charge in [-0.3, -0.25) is 14.7 Å². The zero-order valence-corrected chi connectivity index (χ0v) is 16.2. The third-order valence-corrected chi connectivity index (χ3v) is 4.53. The molecule has 1 fully saturated rings. The van der Waals surface area contributed by atoms with Gasteiger partial charge in [0.15, 0.2) is 0 Å². The summed E-state index contributed by atoms with van der Waals surface area (Å²) >= 11 is 0. The van der Waals surface area contributed by atoms with E-state index in [0.717, 1.165) is 0 Å². The molecule has 154 valence electrons. The minimum Gasteiger partial charge on any atom is -0.442 e. The van der Waals surface area contributed by atoms with Gasteiger partial charge in [-0.15, -0.1) is 10.2 Å². The SMILES string of the molecule is CC(=O)NC[C@H]1CN(c2ccc(-c3ccc(-c4nnn(C)n4)nc3)c(F)c2)C(=O)O1. The van der Waals surface area contributed by atoms with Crippen molar-refractivity contribution < 1.29 is 18.7 Å². The summed E-state index contributed by atoms with van der Waals surface area (Å²) in [4.78, 5) is 30.1. The molecule has 0 aliphatic carbocycles. The van der Waals surface area contributed by atoms with Crippen molar-refractivity contribution in [1.29, 1.82) is 0 Å². The van der Waals surface area contributed by atoms with E-state index in [1.54, 1.807) is 31.3 Å². The molecule has 11 heteroatoms. The molecule has 2 aromatic heterocycles. The maximum absolute atomic E-state index is 14.8. The zero-order chi connectivity index (χ0) is 21.3. The maximum atomic E-state index is 14.8. The van der Waals surface area contributed by atoms with E-state index in [1.165, 1.54) is 28.9 Å². The lowest BCUT2D eigenvalue weighted by Gasteiger charge is -2.14. The van der Waals surface area contributed by atoms with Crippen LogP contribution in [0.1, 0.15) is 6.92 Å². The Morgan fingerprint density at radius 3 is 2.80 bits per heavy atom. The van der Waals surface area contributed by atoms with Gasteiger partial charge in [-0.05, 0) is 29.5 Å². The molecule has 3 aromatic rings. The van der Waals surface area contributed by atoms with Crippen molar-refractivity contribution in [2.45, 2.75) is 13.0 Å². The molecule has 1 aliphatic heterocycles. The Morgan fingerprint density at radius 2 is 2.17 bits per heavy atom. The molecule has 4 rings (SSSR count). The van der Waals surface area contributed by atoms with Crippen molar-refractivity contribution in [3.63, 3.8) is 0 Å². The monoisotopic (exact) mass is 411 g/mol. The van der Waals surface area contributed by atoms with Gasteiger partial charge in [0.1, 0.15) is 17.6 Å². The van der Waals surface area contributed by atoms with Crippen LogP contribution in [0.5, 0.6) is 0 Å². The van der Waals surface area contributed by atoms with Crippen LogP contribution in [0, 0.1) is 5.82 Å². The molecular weight excluding hydrogens is 393 g/mol. The van der Waals surface area contributed by atoms with Crippen molar-refractivity contribution in [2.75, 3.05) is 18.0 Å². The number of pyridine rings is 1. The second-order valence-electron chi connectivity index (χ2n) is 6.75. The average molecular weight is 411 g/mol. The second kappa shape index (κ2) is 7.85. The van der Waals surface area contributed by atoms with Crippen LogP contribution in [0.15, 0.2) is 36.5 Å². The second-order valence-corrected chi connectivity index (χ2v) is 6.75. The molecule has 10 nitrogen and oxygen atoms in total. The Labute approximate surface area is 170 Å². The summed E-state index contributed by atoms with van der Waals surface area (Å²) in [6.07, 6.45) is 0.452. The topological polar surface area (TPSA) is 115 Å². The molecule has 3 heterocycles. The molecule has 2 amide bonds. The summed E-state index contributed by atoms with van der Waals surface area (Å²) in [7, 11) is 1.65. The largest absolute Gasteiger partial charge is 0.442 e. The first-order valence-corrected chi connectivity index (χ1v) is 9.13. The zero-order valence-electron chi connectivity index (χ0n) is 16.2. The van der Waals surface area contributed by atoms with E-state index < -0.39 is 18.0 Å². The van der Waals surface area contributed by atoms with Crippen molar-refractivity contribution in [1.82, 2.24) is 30.5 Å². The third-order valence-electron chi connectivity index (χ3n) is 4.53. The van der Waals surface area contributed by atoms with Gasteiger partial charge in [0.25, 0.3) is 0 Å². The van der Waals surface area contributed by atoms with Crippen LogP contribution in [-0.4, -0.2) is 56.4 Å². The molecule has 1 atom stereocenters. The number of ether oxygens (including phenoxy) is 1. The number of anilines is 1. The smallest absolute Gasteiger partial charge is 0.414 e. The molecular formula is C19H18FN7O3. The van der Waals surface area contributed by atoms with Gasteiger partial charge in [0.05, 0.1) is 25.8 Å². The summed E-state index contributed by atoms with van der Waals surface area (Å²) in [6, 6.07) is 7.89. The highest BCUT2D eigenvalue weighted by atomic mass is 19.1. The summed E-state index contributed by atoms with van der Waals surface area (Å²) in [5.74, 6) is -0.339. The number of rotatable bonds is 5. The number of hydrogen-bond donors (Lipinski definition) is 1. The van der Waals surface area contributed by atoms with Gasteiger partial charge < -0.3 is 10.1 Å². The Kier molecular flexibility index (Phi) is 5.09. The number of aromatic nitrogens is 5. The lowest BCUT2D eigenvalue weighted by atomic mass is 10.1. The molecule has 1 aliphatic rings. The number of carbonyl (C=O) groups is 2. The van der Waals surface area contributed by atoms with E-state index in [4.69, 9.17) is 4.74 Å². The fourth-order valence-electron chi connectivity index (χ4n) is 3.07. The van der Waals surface area contributed by atoms with Crippen LogP contribution in [0.3, 0.4) is 0 Å². The van der Waals surface area contributed by atoms with Crippen LogP contribution < -0.4 is 10.2 Å². The molecule has 1 saturated heterocycles. The summed E-state index contributed by atoms with van der Waals surface area (Å²) in [6.45, 7) is 1.81. The normalized spacial score (nSPS) is 15.9. The number of aryl methyl sites for hydroxylation is 1. The Morgan fingerprint density at radius 1 is 1.33 bits per heavy atom. The van der Waals surface area contributed by atoms with Crippen molar-refractivity contribution in [2.24, 2.45) is 7.05 Å². The number of benzene rings is 1. The van der Waals surface area contributed by atoms with Gasteiger partial charge in [-0.25, -0.2) is 9.18 Å². The first-order valence-electron chi connectivity index (χ1n) is 9.13. The molecule has 0 spiro atoms. The molecule has 1 aromatic carbocycles. The molecule has 30 heavy (non-hydrogen) atoms. The number of carbonyl (C=O) groups excluding carboxylic acids is 2. The van der Waals surface area contributed by atoms with Crippen LogP contribution in [0.2, 0.25) is 0 Å². The molecule has 0 unspecified atom stereocenters. The third kappa shape index (κ3) is 3.95. The first-order chi connectivity index (χ1) is 14.4. The highest BCUT2D eigenvalue weighted by Crippen LogP contribution is 2.29. The van der Waals surface area contributed by atoms with Gasteiger partial charge >= 0.3 is 6.09 Å². The number of cyclic esters (lactones) is 1. The highest BCUT2D eigenvalue weighted by molar-refractivity contribution is 5.90. The number of amides is 2. The summed E-state index contributed by atoms with van der Waals surface area (Å²) in [5.41, 5.74) is 1.81. The Bertz CT molecular complexity index is 1100. The fourth-order valence-corrected chi connectivity index (χ4v) is 3.07. The summed E-state index contributed by atoms with van der Waals surface area (Å²) < 4.78 is 20.0. The van der Waals surface area contributed by atoms with Gasteiger partial charge in [-0.2, -0.15) is 4.80 Å². The minimum absolute atomic E-state index is 0.205. The lowest BCUT2D eigenvalue weighted by Crippen LogP contribution is -2.33. The first kappa shape index (κ1) is 19.4. The number of hydrogen-bond acceptors (Lipinski definition) is 7. The fraction of sp³-hybridized carbons (Fsp3) is 0.263. The lowest BCUT2D eigenvalue weighted by molar-refractivity contribution is -0.119. The average Bonchev–Trinajstić information content (AvgIpc) is 3.32. The van der Waals surface area contributed by atoms with E-state index in [9.17, 15) is 14.0 Å². The summed E-state index contributed by atoms with van der Waals surface area (Å²) in [5, 5.41) is 14.3. The standard InChI is InChI=1S/C19H18FN7O3/c1-11(28)21-9-14-10-27(19(29)30-14)13-4-5-15(16(20)7-13)12-3-6-17(22-8-12)18-23-25-26(2)24-18/h3-8,14H,9-10H2,1-2H3,(H,21,28)/t14-/m0/s1. The van der Waals surface area contributed by atoms with Crippen LogP contribution in [0.25, 0.3) is 22.6 Å². The number of tetrazole rings is 1. The predicted molar refractivity (Wildman–Crippen MR) is 104 cm³/mol. The van der Waals surface area contributed by atoms with Gasteiger partial charge in [0, 0.05) is 24.2 Å².